The minimum atomic E-state index is -4.22. The summed E-state index contributed by atoms with van der Waals surface area (Å²) in [7, 11) is -4.22. The average Bonchev–Trinajstić information content (AvgIpc) is 3.42. The molecule has 0 atom stereocenters. The number of hydrogen-bond acceptors (Lipinski definition) is 8. The molecule has 2 aromatic carbocycles. The molecule has 3 heterocycles. The van der Waals surface area contributed by atoms with E-state index < -0.39 is 26.7 Å². The van der Waals surface area contributed by atoms with Crippen molar-refractivity contribution in [1.29, 1.82) is 0 Å². The number of carbonyl (C=O) groups excluding carboxylic acids is 1. The van der Waals surface area contributed by atoms with Crippen LogP contribution in [0.1, 0.15) is 10.5 Å². The van der Waals surface area contributed by atoms with Gasteiger partial charge in [0.15, 0.2) is 0 Å². The number of fused-ring (bicyclic) bond motifs is 3. The Morgan fingerprint density at radius 1 is 1.09 bits per heavy atom. The maximum absolute atomic E-state index is 12.8. The lowest BCUT2D eigenvalue weighted by molar-refractivity contribution is -0.832. The molecule has 5 rings (SSSR count). The first-order valence-electron chi connectivity index (χ1n) is 10.1. The number of nitrogens with one attached hydrogen (secondary N) is 2. The van der Waals surface area contributed by atoms with Gasteiger partial charge in [-0.1, -0.05) is 36.4 Å². The van der Waals surface area contributed by atoms with E-state index in [0.29, 0.717) is 0 Å². The van der Waals surface area contributed by atoms with Crippen molar-refractivity contribution in [2.24, 2.45) is 0 Å². The van der Waals surface area contributed by atoms with E-state index in [1.165, 1.54) is 24.3 Å². The van der Waals surface area contributed by atoms with Crippen LogP contribution in [0, 0.1) is 5.21 Å². The van der Waals surface area contributed by atoms with Crippen LogP contribution in [0.4, 0.5) is 0 Å². The Morgan fingerprint density at radius 2 is 1.85 bits per heavy atom. The van der Waals surface area contributed by atoms with Gasteiger partial charge in [-0.3, -0.25) is 9.42 Å². The number of aromatic amines is 1. The van der Waals surface area contributed by atoms with Crippen molar-refractivity contribution >= 4 is 37.6 Å². The van der Waals surface area contributed by atoms with Crippen LogP contribution in [0.15, 0.2) is 81.4 Å². The zero-order valence-corrected chi connectivity index (χ0v) is 18.3. The molecule has 5 aromatic rings. The fourth-order valence-corrected chi connectivity index (χ4v) is 4.81. The monoisotopic (exact) mass is 479 g/mol. The maximum atomic E-state index is 12.8. The van der Waals surface area contributed by atoms with Gasteiger partial charge in [0.05, 0.1) is 28.3 Å². The van der Waals surface area contributed by atoms with Crippen LogP contribution in [0.3, 0.4) is 0 Å². The third kappa shape index (κ3) is 3.79. The van der Waals surface area contributed by atoms with Crippen molar-refractivity contribution in [2.45, 2.75) is 9.92 Å². The largest absolute Gasteiger partial charge is 0.453 e. The fourth-order valence-electron chi connectivity index (χ4n) is 3.52. The third-order valence-corrected chi connectivity index (χ3v) is 6.83. The molecule has 0 bridgehead atoms. The predicted octanol–water partition coefficient (Wildman–Crippen LogP) is 1.98. The van der Waals surface area contributed by atoms with E-state index in [1.807, 2.05) is 24.3 Å². The van der Waals surface area contributed by atoms with Crippen molar-refractivity contribution in [3.63, 3.8) is 0 Å². The third-order valence-electron chi connectivity index (χ3n) is 5.10. The zero-order chi connectivity index (χ0) is 23.7. The number of benzene rings is 2. The summed E-state index contributed by atoms with van der Waals surface area (Å²) in [6.07, 6.45) is 1.59. The van der Waals surface area contributed by atoms with Crippen LogP contribution in [0.25, 0.3) is 21.8 Å². The molecule has 34 heavy (non-hydrogen) atoms. The standard InChI is InChI=1S/C22H17N5O6S/c28-20(18-12-16-15-8-4-5-9-17(15)25-19(16)13-24-18)23-10-11-32-21-22(27(29)33-26-21)34(30,31)14-6-2-1-3-7-14/h1-9,12-13,25H,10-11H2,(H,23,28). The Balaban J connectivity index is 1.26. The molecular formula is C22H17N5O6S. The maximum Gasteiger partial charge on any atom is 0.415 e. The van der Waals surface area contributed by atoms with E-state index in [0.717, 1.165) is 21.8 Å². The quantitative estimate of drug-likeness (QED) is 0.265. The number of para-hydroxylation sites is 1. The second kappa shape index (κ2) is 8.48. The first-order chi connectivity index (χ1) is 16.4. The summed E-state index contributed by atoms with van der Waals surface area (Å²) in [5.74, 6) is -0.932. The van der Waals surface area contributed by atoms with E-state index in [1.54, 1.807) is 18.3 Å². The average molecular weight is 479 g/mol. The molecule has 172 valence electrons. The first-order valence-corrected chi connectivity index (χ1v) is 11.6. The lowest BCUT2D eigenvalue weighted by Gasteiger charge is -2.05. The van der Waals surface area contributed by atoms with E-state index in [-0.39, 0.29) is 28.6 Å². The molecule has 0 aliphatic rings. The summed E-state index contributed by atoms with van der Waals surface area (Å²) in [5, 5.41) is 19.0. The Labute approximate surface area is 192 Å². The van der Waals surface area contributed by atoms with Crippen molar-refractivity contribution in [3.8, 4) is 5.88 Å². The minimum absolute atomic E-state index is 0.00295. The summed E-state index contributed by atoms with van der Waals surface area (Å²) < 4.78 is 35.3. The fraction of sp³-hybridized carbons (Fsp3) is 0.0909. The molecule has 0 radical (unpaired) electrons. The second-order valence-corrected chi connectivity index (χ2v) is 9.11. The number of ether oxygens (including phenoxy) is 1. The van der Waals surface area contributed by atoms with Crippen LogP contribution >= 0.6 is 0 Å². The van der Waals surface area contributed by atoms with Gasteiger partial charge in [0.25, 0.3) is 15.7 Å². The number of aromatic nitrogens is 4. The highest BCUT2D eigenvalue weighted by Crippen LogP contribution is 2.26. The highest BCUT2D eigenvalue weighted by molar-refractivity contribution is 7.91. The Kier molecular flexibility index (Phi) is 5.34. The van der Waals surface area contributed by atoms with Gasteiger partial charge in [-0.05, 0) is 29.2 Å². The van der Waals surface area contributed by atoms with Crippen LogP contribution in [-0.2, 0) is 9.84 Å². The Hall–Kier alpha value is -4.45. The summed E-state index contributed by atoms with van der Waals surface area (Å²) in [5.41, 5.74) is 1.96. The summed E-state index contributed by atoms with van der Waals surface area (Å²) in [6, 6.07) is 16.8. The normalized spacial score (nSPS) is 11.6. The number of carbonyl (C=O) groups is 1. The number of amides is 1. The van der Waals surface area contributed by atoms with Gasteiger partial charge >= 0.3 is 10.9 Å². The molecule has 0 spiro atoms. The number of hydrogen-bond donors (Lipinski definition) is 2. The van der Waals surface area contributed by atoms with Gasteiger partial charge in [0.2, 0.25) is 0 Å². The zero-order valence-electron chi connectivity index (χ0n) is 17.5. The van der Waals surface area contributed by atoms with Gasteiger partial charge in [0.1, 0.15) is 12.3 Å². The molecule has 0 aliphatic heterocycles. The number of H-pyrrole nitrogens is 1. The molecule has 3 aromatic heterocycles. The lowest BCUT2D eigenvalue weighted by atomic mass is 10.1. The van der Waals surface area contributed by atoms with Gasteiger partial charge in [-0.25, -0.2) is 13.4 Å². The number of nitrogens with zero attached hydrogens (tertiary/aromatic N) is 3. The van der Waals surface area contributed by atoms with Gasteiger partial charge < -0.3 is 20.2 Å². The molecule has 12 heteroatoms. The molecule has 11 nitrogen and oxygen atoms in total. The van der Waals surface area contributed by atoms with E-state index in [2.05, 4.69) is 25.1 Å². The lowest BCUT2D eigenvalue weighted by Crippen LogP contribution is -2.31. The molecule has 0 unspecified atom stereocenters. The Bertz CT molecular complexity index is 1610. The van der Waals surface area contributed by atoms with Gasteiger partial charge in [0, 0.05) is 16.3 Å². The van der Waals surface area contributed by atoms with Crippen LogP contribution < -0.4 is 15.0 Å². The van der Waals surface area contributed by atoms with Crippen molar-refractivity contribution < 1.29 is 27.5 Å². The van der Waals surface area contributed by atoms with E-state index >= 15 is 0 Å². The van der Waals surface area contributed by atoms with Crippen molar-refractivity contribution in [3.05, 3.63) is 77.8 Å². The first kappa shape index (κ1) is 21.4. The summed E-state index contributed by atoms with van der Waals surface area (Å²) >= 11 is 0. The van der Waals surface area contributed by atoms with Crippen molar-refractivity contribution in [1.82, 2.24) is 20.4 Å². The van der Waals surface area contributed by atoms with E-state index in [9.17, 15) is 18.4 Å². The molecule has 0 fully saturated rings. The molecule has 0 saturated carbocycles. The number of pyridine rings is 1. The SMILES string of the molecule is O=C(NCCOc1no[n+]([O-])c1S(=O)(=O)c1ccccc1)c1cc2c(cn1)[nH]c1ccccc12. The highest BCUT2D eigenvalue weighted by atomic mass is 32.2. The molecule has 0 aliphatic carbocycles. The predicted molar refractivity (Wildman–Crippen MR) is 119 cm³/mol. The molecule has 2 N–H and O–H groups in total. The van der Waals surface area contributed by atoms with Crippen LogP contribution in [-0.4, -0.2) is 42.6 Å². The molecule has 1 amide bonds. The topological polar surface area (TPSA) is 154 Å². The summed E-state index contributed by atoms with van der Waals surface area (Å²) in [4.78, 5) is 19.6. The Morgan fingerprint density at radius 3 is 2.68 bits per heavy atom. The molecule has 0 saturated heterocycles. The number of rotatable bonds is 7. The van der Waals surface area contributed by atoms with Crippen LogP contribution in [0.5, 0.6) is 5.88 Å². The number of sulfone groups is 1. The van der Waals surface area contributed by atoms with Crippen LogP contribution in [0.2, 0.25) is 0 Å². The van der Waals surface area contributed by atoms with Gasteiger partial charge in [-0.2, -0.15) is 0 Å². The second-order valence-electron chi connectivity index (χ2n) is 7.25. The molecular weight excluding hydrogens is 462 g/mol. The highest BCUT2D eigenvalue weighted by Gasteiger charge is 2.35. The summed E-state index contributed by atoms with van der Waals surface area (Å²) in [6.45, 7) is -0.159. The van der Waals surface area contributed by atoms with Gasteiger partial charge in [-0.15, -0.1) is 0 Å². The van der Waals surface area contributed by atoms with E-state index in [4.69, 9.17) is 4.74 Å². The minimum Gasteiger partial charge on any atom is -0.453 e. The smallest absolute Gasteiger partial charge is 0.415 e. The van der Waals surface area contributed by atoms with Crippen molar-refractivity contribution in [2.75, 3.05) is 13.2 Å².